The minimum Gasteiger partial charge on any atom is -0.481 e. The van der Waals surface area contributed by atoms with E-state index in [9.17, 15) is 9.90 Å². The van der Waals surface area contributed by atoms with E-state index in [1.165, 1.54) is 12.8 Å². The maximum atomic E-state index is 11.3. The highest BCUT2D eigenvalue weighted by Crippen LogP contribution is 2.84. The number of carboxylic acids is 1. The summed E-state index contributed by atoms with van der Waals surface area (Å²) in [4.78, 5) is 11.3. The molecular weight excluding hydrogens is 176 g/mol. The molecule has 14 heavy (non-hydrogen) atoms. The van der Waals surface area contributed by atoms with Crippen molar-refractivity contribution in [2.24, 2.45) is 53.3 Å². The summed E-state index contributed by atoms with van der Waals surface area (Å²) in [5.41, 5.74) is 0. The Balaban J connectivity index is 1.75. The van der Waals surface area contributed by atoms with Gasteiger partial charge in [0.2, 0.25) is 0 Å². The molecule has 5 fully saturated rings. The molecule has 0 aromatic carbocycles. The summed E-state index contributed by atoms with van der Waals surface area (Å²) in [5, 5.41) is 9.33. The Kier molecular flexibility index (Phi) is 0.812. The van der Waals surface area contributed by atoms with Crippen molar-refractivity contribution in [3.05, 3.63) is 0 Å². The summed E-state index contributed by atoms with van der Waals surface area (Å²) >= 11 is 0. The number of carboxylic acid groups (broad SMARTS) is 1. The second kappa shape index (κ2) is 1.66. The van der Waals surface area contributed by atoms with E-state index in [-0.39, 0.29) is 5.92 Å². The lowest BCUT2D eigenvalue weighted by Crippen LogP contribution is -2.45. The molecule has 0 unspecified atom stereocenters. The van der Waals surface area contributed by atoms with Gasteiger partial charge in [-0.3, -0.25) is 4.79 Å². The summed E-state index contributed by atoms with van der Waals surface area (Å²) in [7, 11) is 0. The van der Waals surface area contributed by atoms with Crippen molar-refractivity contribution in [2.75, 3.05) is 0 Å². The molecule has 9 atom stereocenters. The SMILES string of the molecule is O=C(O)[C@H]1[C@H]2[C@@H]3C[C@@H]4[C@H]5[C@H]3C[C@H]2[C@H]5[C@H]41. The van der Waals surface area contributed by atoms with Gasteiger partial charge in [-0.2, -0.15) is 0 Å². The molecule has 0 saturated heterocycles. The number of carbonyl (C=O) groups is 1. The number of fused-ring (bicyclic) bond motifs is 2. The van der Waals surface area contributed by atoms with Crippen LogP contribution < -0.4 is 0 Å². The zero-order valence-electron chi connectivity index (χ0n) is 7.97. The average molecular weight is 190 g/mol. The van der Waals surface area contributed by atoms with E-state index in [0.29, 0.717) is 11.8 Å². The molecule has 5 aliphatic rings. The van der Waals surface area contributed by atoms with Crippen molar-refractivity contribution < 1.29 is 9.90 Å². The Morgan fingerprint density at radius 2 is 1.50 bits per heavy atom. The van der Waals surface area contributed by atoms with Crippen molar-refractivity contribution in [3.63, 3.8) is 0 Å². The van der Waals surface area contributed by atoms with E-state index in [0.717, 1.165) is 35.5 Å². The highest BCUT2D eigenvalue weighted by atomic mass is 16.4. The molecular formula is C12H14O2. The zero-order chi connectivity index (χ0) is 9.19. The minimum atomic E-state index is -0.469. The number of rotatable bonds is 1. The summed E-state index contributed by atoms with van der Waals surface area (Å²) in [6.45, 7) is 0. The number of hydrogen-bond donors (Lipinski definition) is 1. The molecule has 2 bridgehead atoms. The molecule has 0 radical (unpaired) electrons. The van der Waals surface area contributed by atoms with Crippen molar-refractivity contribution in [2.45, 2.75) is 12.8 Å². The van der Waals surface area contributed by atoms with Gasteiger partial charge < -0.3 is 5.11 Å². The predicted molar refractivity (Wildman–Crippen MR) is 48.3 cm³/mol. The second-order valence-corrected chi connectivity index (χ2v) is 6.30. The fourth-order valence-electron chi connectivity index (χ4n) is 6.80. The van der Waals surface area contributed by atoms with Crippen LogP contribution in [0.25, 0.3) is 0 Å². The van der Waals surface area contributed by atoms with Crippen LogP contribution >= 0.6 is 0 Å². The molecule has 0 aliphatic heterocycles. The lowest BCUT2D eigenvalue weighted by molar-refractivity contribution is -0.150. The Labute approximate surface area is 82.7 Å². The van der Waals surface area contributed by atoms with E-state index in [1.54, 1.807) is 0 Å². The van der Waals surface area contributed by atoms with E-state index >= 15 is 0 Å². The van der Waals surface area contributed by atoms with E-state index in [2.05, 4.69) is 0 Å². The van der Waals surface area contributed by atoms with Crippen molar-refractivity contribution in [1.29, 1.82) is 0 Å². The molecule has 0 aromatic rings. The topological polar surface area (TPSA) is 37.3 Å². The summed E-state index contributed by atoms with van der Waals surface area (Å²) in [6.07, 6.45) is 2.81. The van der Waals surface area contributed by atoms with Crippen molar-refractivity contribution in [1.82, 2.24) is 0 Å². The first-order valence-electron chi connectivity index (χ1n) is 6.02. The molecule has 5 saturated carbocycles. The van der Waals surface area contributed by atoms with Crippen molar-refractivity contribution >= 4 is 5.97 Å². The molecule has 0 spiro atoms. The van der Waals surface area contributed by atoms with Crippen molar-refractivity contribution in [3.8, 4) is 0 Å². The summed E-state index contributed by atoms with van der Waals surface area (Å²) < 4.78 is 0. The van der Waals surface area contributed by atoms with Gasteiger partial charge >= 0.3 is 5.97 Å². The third kappa shape index (κ3) is 0.409. The van der Waals surface area contributed by atoms with Gasteiger partial charge in [-0.05, 0) is 60.2 Å². The fourth-order valence-corrected chi connectivity index (χ4v) is 6.80. The predicted octanol–water partition coefficient (Wildman–Crippen LogP) is 1.47. The normalized spacial score (nSPS) is 74.4. The van der Waals surface area contributed by atoms with Crippen LogP contribution in [0.4, 0.5) is 0 Å². The standard InChI is InChI=1S/C12H14O2/c13-12(14)11-8-4-2-5-7-3(4)1-6(8)9(7)10(5)11/h3-11H,1-2H2,(H,13,14)/t3-,4+,5+,6+,7+,8-,9+,10-,11-/m0/s1. The van der Waals surface area contributed by atoms with E-state index in [4.69, 9.17) is 0 Å². The Morgan fingerprint density at radius 1 is 0.857 bits per heavy atom. The minimum absolute atomic E-state index is 0.0810. The highest BCUT2D eigenvalue weighted by molar-refractivity contribution is 5.73. The first-order valence-corrected chi connectivity index (χ1v) is 6.02. The van der Waals surface area contributed by atoms with Gasteiger partial charge in [0.25, 0.3) is 0 Å². The smallest absolute Gasteiger partial charge is 0.307 e. The van der Waals surface area contributed by atoms with E-state index < -0.39 is 5.97 Å². The molecule has 0 amide bonds. The maximum absolute atomic E-state index is 11.3. The van der Waals surface area contributed by atoms with Gasteiger partial charge in [0.05, 0.1) is 5.92 Å². The Hall–Kier alpha value is -0.530. The van der Waals surface area contributed by atoms with Crippen LogP contribution in [0.15, 0.2) is 0 Å². The number of aliphatic carboxylic acids is 1. The van der Waals surface area contributed by atoms with Gasteiger partial charge in [0.1, 0.15) is 0 Å². The molecule has 5 aliphatic carbocycles. The van der Waals surface area contributed by atoms with Crippen LogP contribution in [0.2, 0.25) is 0 Å². The summed E-state index contributed by atoms with van der Waals surface area (Å²) in [6, 6.07) is 0. The van der Waals surface area contributed by atoms with Crippen LogP contribution in [0.5, 0.6) is 0 Å². The van der Waals surface area contributed by atoms with Crippen LogP contribution in [-0.2, 0) is 4.79 Å². The zero-order valence-corrected chi connectivity index (χ0v) is 7.97. The Bertz CT molecular complexity index is 357. The van der Waals surface area contributed by atoms with E-state index in [1.807, 2.05) is 0 Å². The second-order valence-electron chi connectivity index (χ2n) is 6.30. The van der Waals surface area contributed by atoms with Crippen LogP contribution in [0.3, 0.4) is 0 Å². The molecule has 1 N–H and O–H groups in total. The maximum Gasteiger partial charge on any atom is 0.307 e. The molecule has 0 heterocycles. The molecule has 74 valence electrons. The fraction of sp³-hybridized carbons (Fsp3) is 0.917. The van der Waals surface area contributed by atoms with Gasteiger partial charge in [-0.15, -0.1) is 0 Å². The van der Waals surface area contributed by atoms with Gasteiger partial charge in [0, 0.05) is 0 Å². The van der Waals surface area contributed by atoms with Gasteiger partial charge in [-0.1, -0.05) is 0 Å². The Morgan fingerprint density at radius 3 is 2.21 bits per heavy atom. The molecule has 5 rings (SSSR count). The first-order chi connectivity index (χ1) is 6.79. The highest BCUT2D eigenvalue weighted by Gasteiger charge is 2.81. The largest absolute Gasteiger partial charge is 0.481 e. The lowest BCUT2D eigenvalue weighted by Gasteiger charge is -2.46. The molecule has 0 aromatic heterocycles. The first kappa shape index (κ1) is 6.86. The van der Waals surface area contributed by atoms with Crippen LogP contribution in [0.1, 0.15) is 12.8 Å². The van der Waals surface area contributed by atoms with Gasteiger partial charge in [0.15, 0.2) is 0 Å². The summed E-state index contributed by atoms with van der Waals surface area (Å²) in [5.74, 6) is 6.22. The molecule has 2 nitrogen and oxygen atoms in total. The molecule has 2 heteroatoms. The average Bonchev–Trinajstić information content (AvgIpc) is 2.60. The third-order valence-corrected chi connectivity index (χ3v) is 6.61. The monoisotopic (exact) mass is 190 g/mol. The number of hydrogen-bond acceptors (Lipinski definition) is 1. The van der Waals surface area contributed by atoms with Crippen LogP contribution in [-0.4, -0.2) is 11.1 Å². The lowest BCUT2D eigenvalue weighted by atomic mass is 9.57. The van der Waals surface area contributed by atoms with Crippen LogP contribution in [0, 0.1) is 53.3 Å². The van der Waals surface area contributed by atoms with Gasteiger partial charge in [-0.25, -0.2) is 0 Å². The quantitative estimate of drug-likeness (QED) is 0.679. The third-order valence-electron chi connectivity index (χ3n) is 6.61.